The molecule has 194 valence electrons. The highest BCUT2D eigenvalue weighted by molar-refractivity contribution is 5.75. The van der Waals surface area contributed by atoms with Gasteiger partial charge in [0.25, 0.3) is 0 Å². The highest BCUT2D eigenvalue weighted by Crippen LogP contribution is 2.34. The second-order valence-corrected chi connectivity index (χ2v) is 10.8. The standard InChI is InChI=1S/C30H44FNO3/c1-2-3-4-5-6-7-8-9-23-10-12-24(13-11-23)22-34-27-17-14-25(15-18-27)30(33)35-28-19-16-26(21-32)29(31)20-28/h16,19-20,23-25,27H,2-15,17-18,22H2,1H3/t23-,24-,25-,27-. The van der Waals surface area contributed by atoms with Crippen LogP contribution in [0.15, 0.2) is 18.2 Å². The molecular weight excluding hydrogens is 441 g/mol. The van der Waals surface area contributed by atoms with Gasteiger partial charge >= 0.3 is 5.97 Å². The van der Waals surface area contributed by atoms with Crippen molar-refractivity contribution in [1.29, 1.82) is 5.26 Å². The number of rotatable bonds is 13. The van der Waals surface area contributed by atoms with Gasteiger partial charge in [0.15, 0.2) is 0 Å². The van der Waals surface area contributed by atoms with E-state index in [2.05, 4.69) is 6.92 Å². The van der Waals surface area contributed by atoms with Gasteiger partial charge in [-0.05, 0) is 62.5 Å². The molecule has 2 aliphatic carbocycles. The number of halogens is 1. The van der Waals surface area contributed by atoms with E-state index in [1.165, 1.54) is 89.2 Å². The smallest absolute Gasteiger partial charge is 0.314 e. The molecule has 0 aliphatic heterocycles. The molecule has 2 aliphatic rings. The molecule has 0 unspecified atom stereocenters. The van der Waals surface area contributed by atoms with Crippen LogP contribution in [0.5, 0.6) is 5.75 Å². The van der Waals surface area contributed by atoms with E-state index in [-0.39, 0.29) is 29.3 Å². The Kier molecular flexibility index (Phi) is 12.0. The monoisotopic (exact) mass is 485 g/mol. The van der Waals surface area contributed by atoms with Gasteiger partial charge < -0.3 is 9.47 Å². The van der Waals surface area contributed by atoms with E-state index in [0.717, 1.165) is 44.3 Å². The van der Waals surface area contributed by atoms with Gasteiger partial charge in [0.05, 0.1) is 17.6 Å². The first-order chi connectivity index (χ1) is 17.1. The largest absolute Gasteiger partial charge is 0.426 e. The Balaban J connectivity index is 1.24. The van der Waals surface area contributed by atoms with Crippen molar-refractivity contribution in [3.63, 3.8) is 0 Å². The molecule has 3 rings (SSSR count). The Bertz CT molecular complexity index is 804. The van der Waals surface area contributed by atoms with Crippen molar-refractivity contribution < 1.29 is 18.7 Å². The Labute approximate surface area is 211 Å². The van der Waals surface area contributed by atoms with Crippen LogP contribution < -0.4 is 4.74 Å². The molecule has 0 radical (unpaired) electrons. The van der Waals surface area contributed by atoms with Gasteiger partial charge in [0.1, 0.15) is 17.6 Å². The number of nitrogens with zero attached hydrogens (tertiary/aromatic N) is 1. The summed E-state index contributed by atoms with van der Waals surface area (Å²) in [5, 5.41) is 8.82. The predicted octanol–water partition coefficient (Wildman–Crippen LogP) is 8.13. The van der Waals surface area contributed by atoms with Crippen LogP contribution in [0.4, 0.5) is 4.39 Å². The molecule has 0 aromatic heterocycles. The number of hydrogen-bond donors (Lipinski definition) is 0. The fourth-order valence-electron chi connectivity index (χ4n) is 5.66. The summed E-state index contributed by atoms with van der Waals surface area (Å²) in [5.41, 5.74) is -0.0518. The quantitative estimate of drug-likeness (QED) is 0.161. The van der Waals surface area contributed by atoms with Gasteiger partial charge in [0.2, 0.25) is 0 Å². The summed E-state index contributed by atoms with van der Waals surface area (Å²) in [7, 11) is 0. The van der Waals surface area contributed by atoms with Crippen LogP contribution in [0.1, 0.15) is 115 Å². The maximum Gasteiger partial charge on any atom is 0.314 e. The van der Waals surface area contributed by atoms with Crippen molar-refractivity contribution in [2.45, 2.75) is 116 Å². The third-order valence-corrected chi connectivity index (χ3v) is 8.04. The van der Waals surface area contributed by atoms with E-state index >= 15 is 0 Å². The van der Waals surface area contributed by atoms with Crippen LogP contribution >= 0.6 is 0 Å². The second-order valence-electron chi connectivity index (χ2n) is 10.8. The van der Waals surface area contributed by atoms with Gasteiger partial charge in [0, 0.05) is 12.7 Å². The van der Waals surface area contributed by atoms with E-state index < -0.39 is 5.82 Å². The van der Waals surface area contributed by atoms with E-state index in [4.69, 9.17) is 14.7 Å². The van der Waals surface area contributed by atoms with Crippen LogP contribution in [0.2, 0.25) is 0 Å². The zero-order chi connectivity index (χ0) is 24.9. The molecule has 5 heteroatoms. The summed E-state index contributed by atoms with van der Waals surface area (Å²) in [6.07, 6.45) is 20.0. The molecule has 0 atom stereocenters. The average Bonchev–Trinajstić information content (AvgIpc) is 2.88. The zero-order valence-corrected chi connectivity index (χ0v) is 21.6. The number of nitriles is 1. The third-order valence-electron chi connectivity index (χ3n) is 8.04. The molecule has 0 spiro atoms. The molecule has 35 heavy (non-hydrogen) atoms. The molecule has 1 aromatic rings. The number of carbonyl (C=O) groups excluding carboxylic acids is 1. The van der Waals surface area contributed by atoms with E-state index in [0.29, 0.717) is 5.92 Å². The molecule has 1 aromatic carbocycles. The normalized spacial score (nSPS) is 24.6. The molecule has 0 heterocycles. The lowest BCUT2D eigenvalue weighted by Gasteiger charge is -2.31. The predicted molar refractivity (Wildman–Crippen MR) is 137 cm³/mol. The number of ether oxygens (including phenoxy) is 2. The summed E-state index contributed by atoms with van der Waals surface area (Å²) < 4.78 is 25.4. The van der Waals surface area contributed by atoms with E-state index in [9.17, 15) is 9.18 Å². The van der Waals surface area contributed by atoms with Gasteiger partial charge in [-0.3, -0.25) is 4.79 Å². The summed E-state index contributed by atoms with van der Waals surface area (Å²) in [6.45, 7) is 3.13. The van der Waals surface area contributed by atoms with Crippen molar-refractivity contribution in [3.05, 3.63) is 29.6 Å². The van der Waals surface area contributed by atoms with Crippen LogP contribution in [0.3, 0.4) is 0 Å². The van der Waals surface area contributed by atoms with Gasteiger partial charge in [-0.25, -0.2) is 4.39 Å². The van der Waals surface area contributed by atoms with Crippen molar-refractivity contribution in [3.8, 4) is 11.8 Å². The van der Waals surface area contributed by atoms with Crippen molar-refractivity contribution in [1.82, 2.24) is 0 Å². The molecule has 4 nitrogen and oxygen atoms in total. The topological polar surface area (TPSA) is 59.3 Å². The summed E-state index contributed by atoms with van der Waals surface area (Å²) in [4.78, 5) is 12.5. The first kappa shape index (κ1) is 27.7. The van der Waals surface area contributed by atoms with Crippen molar-refractivity contribution >= 4 is 5.97 Å². The average molecular weight is 486 g/mol. The fourth-order valence-corrected chi connectivity index (χ4v) is 5.66. The van der Waals surface area contributed by atoms with E-state index in [1.54, 1.807) is 6.07 Å². The lowest BCUT2D eigenvalue weighted by atomic mass is 9.80. The van der Waals surface area contributed by atoms with Crippen LogP contribution in [-0.4, -0.2) is 18.7 Å². The third kappa shape index (κ3) is 9.56. The zero-order valence-electron chi connectivity index (χ0n) is 21.6. The van der Waals surface area contributed by atoms with E-state index in [1.807, 2.05) is 0 Å². The van der Waals surface area contributed by atoms with Crippen molar-refractivity contribution in [2.24, 2.45) is 17.8 Å². The Hall–Kier alpha value is -1.93. The number of carbonyl (C=O) groups is 1. The minimum atomic E-state index is -0.665. The molecule has 0 N–H and O–H groups in total. The number of unbranched alkanes of at least 4 members (excludes halogenated alkanes) is 6. The Morgan fingerprint density at radius 3 is 2.26 bits per heavy atom. The highest BCUT2D eigenvalue weighted by Gasteiger charge is 2.29. The molecule has 2 fully saturated rings. The lowest BCUT2D eigenvalue weighted by Crippen LogP contribution is -2.30. The van der Waals surface area contributed by atoms with Gasteiger partial charge in [-0.1, -0.05) is 71.1 Å². The minimum absolute atomic E-state index is 0.0518. The molecule has 0 bridgehead atoms. The maximum atomic E-state index is 13.7. The van der Waals surface area contributed by atoms with Crippen LogP contribution in [-0.2, 0) is 9.53 Å². The Morgan fingerprint density at radius 1 is 0.943 bits per heavy atom. The van der Waals surface area contributed by atoms with Crippen molar-refractivity contribution in [2.75, 3.05) is 6.61 Å². The number of esters is 1. The second kappa shape index (κ2) is 15.2. The SMILES string of the molecule is CCCCCCCCC[C@H]1CC[C@H](CO[C@H]2CC[C@H](C(=O)Oc3ccc(C#N)c(F)c3)CC2)CC1. The first-order valence-corrected chi connectivity index (χ1v) is 14.1. The highest BCUT2D eigenvalue weighted by atomic mass is 19.1. The van der Waals surface area contributed by atoms with Gasteiger partial charge in [-0.15, -0.1) is 0 Å². The number of benzene rings is 1. The van der Waals surface area contributed by atoms with Gasteiger partial charge in [-0.2, -0.15) is 5.26 Å². The summed E-state index contributed by atoms with van der Waals surface area (Å²) in [6, 6.07) is 5.68. The summed E-state index contributed by atoms with van der Waals surface area (Å²) in [5.74, 6) is 0.624. The number of hydrogen-bond acceptors (Lipinski definition) is 4. The fraction of sp³-hybridized carbons (Fsp3) is 0.733. The molecule has 0 amide bonds. The first-order valence-electron chi connectivity index (χ1n) is 14.1. The van der Waals surface area contributed by atoms with Crippen LogP contribution in [0, 0.1) is 34.9 Å². The molecule has 0 saturated heterocycles. The maximum absolute atomic E-state index is 13.7. The summed E-state index contributed by atoms with van der Waals surface area (Å²) >= 11 is 0. The lowest BCUT2D eigenvalue weighted by molar-refractivity contribution is -0.141. The Morgan fingerprint density at radius 2 is 1.60 bits per heavy atom. The minimum Gasteiger partial charge on any atom is -0.426 e. The molecule has 2 saturated carbocycles. The van der Waals surface area contributed by atoms with Crippen LogP contribution in [0.25, 0.3) is 0 Å². The molecular formula is C30H44FNO3.